The second kappa shape index (κ2) is 12.1. The van der Waals surface area contributed by atoms with Gasteiger partial charge in [-0.25, -0.2) is 4.79 Å². The van der Waals surface area contributed by atoms with Crippen LogP contribution in [-0.2, 0) is 13.1 Å². The number of rotatable bonds is 10. The highest BCUT2D eigenvalue weighted by molar-refractivity contribution is 5.99. The third kappa shape index (κ3) is 7.37. The van der Waals surface area contributed by atoms with Gasteiger partial charge in [-0.3, -0.25) is 14.2 Å². The van der Waals surface area contributed by atoms with Gasteiger partial charge < -0.3 is 36.6 Å². The first-order chi connectivity index (χ1) is 21.2. The van der Waals surface area contributed by atoms with Gasteiger partial charge in [0.2, 0.25) is 0 Å². The van der Waals surface area contributed by atoms with Gasteiger partial charge in [-0.05, 0) is 93.2 Å². The Morgan fingerprint density at radius 3 is 1.61 bits per heavy atom. The molecule has 2 aliphatic rings. The van der Waals surface area contributed by atoms with Crippen LogP contribution in [0, 0.1) is 0 Å². The van der Waals surface area contributed by atoms with Gasteiger partial charge >= 0.3 is 11.4 Å². The minimum absolute atomic E-state index is 0.0621. The number of hydrogen-bond donors (Lipinski definition) is 7. The minimum atomic E-state index is -0.982. The van der Waals surface area contributed by atoms with Crippen molar-refractivity contribution >= 4 is 21.5 Å². The zero-order valence-corrected chi connectivity index (χ0v) is 28.6. The molecule has 0 spiro atoms. The van der Waals surface area contributed by atoms with Crippen molar-refractivity contribution in [2.24, 2.45) is 0 Å². The van der Waals surface area contributed by atoms with Crippen molar-refractivity contribution in [1.82, 2.24) is 25.8 Å². The SMILES string of the molecule is CC1(C)CC(NCC(O)Cn2c(=O)c3cc4c(O)[n+](CC(O)CNC5CC(C)(C)NC(C)(C)C5)c(=O)c4cc3c2=O)CC(C)(C)N1. The highest BCUT2D eigenvalue weighted by Crippen LogP contribution is 2.30. The first-order valence-electron chi connectivity index (χ1n) is 16.5. The molecule has 0 aliphatic carbocycles. The predicted octanol–water partition coefficient (Wildman–Crippen LogP) is 0.263. The summed E-state index contributed by atoms with van der Waals surface area (Å²) in [5.74, 6) is -0.360. The van der Waals surface area contributed by atoms with Crippen LogP contribution in [-0.4, -0.2) is 79.4 Å². The van der Waals surface area contributed by atoms with Crippen LogP contribution in [0.3, 0.4) is 0 Å². The number of fused-ring (bicyclic) bond motifs is 2. The molecule has 4 heterocycles. The van der Waals surface area contributed by atoms with E-state index in [1.165, 1.54) is 12.1 Å². The summed E-state index contributed by atoms with van der Waals surface area (Å²) in [6, 6.07) is 3.05. The van der Waals surface area contributed by atoms with Crippen molar-refractivity contribution in [2.45, 2.75) is 141 Å². The Kier molecular flexibility index (Phi) is 9.06. The van der Waals surface area contributed by atoms with Gasteiger partial charge in [0.15, 0.2) is 6.54 Å². The lowest BCUT2D eigenvalue weighted by molar-refractivity contribution is -0.717. The van der Waals surface area contributed by atoms with E-state index < -0.39 is 28.9 Å². The van der Waals surface area contributed by atoms with Crippen LogP contribution >= 0.6 is 0 Å². The fraction of sp³-hybridized carbons (Fsp3) is 0.706. The zero-order chi connectivity index (χ0) is 34.0. The van der Waals surface area contributed by atoms with Crippen LogP contribution in [0.2, 0.25) is 0 Å². The molecule has 0 saturated carbocycles. The summed E-state index contributed by atoms with van der Waals surface area (Å²) in [4.78, 5) is 40.0. The lowest BCUT2D eigenvalue weighted by Gasteiger charge is -2.47. The van der Waals surface area contributed by atoms with Crippen molar-refractivity contribution in [1.29, 1.82) is 0 Å². The van der Waals surface area contributed by atoms with E-state index in [0.717, 1.165) is 34.8 Å². The molecule has 2 aliphatic heterocycles. The monoisotopic (exact) mass is 641 g/mol. The number of nitrogens with zero attached hydrogens (tertiary/aromatic N) is 2. The summed E-state index contributed by atoms with van der Waals surface area (Å²) in [5.41, 5.74) is -1.99. The molecular weight excluding hydrogens is 588 g/mol. The maximum atomic E-state index is 13.3. The van der Waals surface area contributed by atoms with Crippen LogP contribution in [0.4, 0.5) is 0 Å². The van der Waals surface area contributed by atoms with Crippen molar-refractivity contribution < 1.29 is 19.9 Å². The van der Waals surface area contributed by atoms with E-state index in [1.807, 2.05) is 0 Å². The fourth-order valence-electron chi connectivity index (χ4n) is 8.51. The van der Waals surface area contributed by atoms with Gasteiger partial charge in [-0.2, -0.15) is 0 Å². The van der Waals surface area contributed by atoms with Crippen molar-refractivity contribution in [3.8, 4) is 5.88 Å². The average Bonchev–Trinajstić information content (AvgIpc) is 3.26. The molecule has 2 fully saturated rings. The van der Waals surface area contributed by atoms with Crippen molar-refractivity contribution in [2.75, 3.05) is 13.1 Å². The fourth-order valence-corrected chi connectivity index (χ4v) is 8.51. The molecule has 46 heavy (non-hydrogen) atoms. The number of hydrogen-bond acceptors (Lipinski definition) is 10. The molecule has 7 N–H and O–H groups in total. The molecule has 2 unspecified atom stereocenters. The topological polar surface area (TPSA) is 169 Å². The van der Waals surface area contributed by atoms with Crippen LogP contribution < -0.4 is 42.5 Å². The molecule has 2 saturated heterocycles. The Balaban J connectivity index is 1.29. The Labute approximate surface area is 269 Å². The Morgan fingerprint density at radius 2 is 1.15 bits per heavy atom. The summed E-state index contributed by atoms with van der Waals surface area (Å²) in [7, 11) is 0. The molecule has 12 heteroatoms. The molecule has 2 aromatic heterocycles. The van der Waals surface area contributed by atoms with Crippen LogP contribution in [0.5, 0.6) is 5.88 Å². The molecule has 0 amide bonds. The summed E-state index contributed by atoms with van der Waals surface area (Å²) in [6.45, 7) is 17.3. The van der Waals surface area contributed by atoms with Gasteiger partial charge in [0.1, 0.15) is 16.9 Å². The third-order valence-electron chi connectivity index (χ3n) is 9.53. The Bertz CT molecular complexity index is 1720. The first kappa shape index (κ1) is 34.6. The molecule has 0 radical (unpaired) electrons. The standard InChI is InChI=1S/C34H52N6O6/c1-31(2)11-19(12-32(3,4)37-31)35-15-21(41)17-39-27(43)23-9-25-26(10-24(23)28(39)44)30(46)40(29(25)45)18-22(42)16-36-20-13-33(5,6)38-34(7,8)14-20/h9-10,19-22,35-38,41-42H,11-18H2,1-8H3/p+1. The van der Waals surface area contributed by atoms with Crippen LogP contribution in [0.1, 0.15) is 81.1 Å². The molecule has 2 atom stereocenters. The number of nitrogens with one attached hydrogen (secondary N) is 4. The molecule has 12 nitrogen and oxygen atoms in total. The van der Waals surface area contributed by atoms with E-state index in [9.17, 15) is 29.7 Å². The van der Waals surface area contributed by atoms with Gasteiger partial charge in [-0.1, -0.05) is 0 Å². The summed E-state index contributed by atoms with van der Waals surface area (Å²) in [5, 5.41) is 47.1. The highest BCUT2D eigenvalue weighted by atomic mass is 16.3. The van der Waals surface area contributed by atoms with Gasteiger partial charge in [0.05, 0.1) is 23.4 Å². The summed E-state index contributed by atoms with van der Waals surface area (Å²) >= 11 is 0. The zero-order valence-electron chi connectivity index (χ0n) is 28.6. The predicted molar refractivity (Wildman–Crippen MR) is 179 cm³/mol. The van der Waals surface area contributed by atoms with E-state index in [0.29, 0.717) is 0 Å². The lowest BCUT2D eigenvalue weighted by Crippen LogP contribution is -2.62. The minimum Gasteiger partial charge on any atom is -0.459 e. The summed E-state index contributed by atoms with van der Waals surface area (Å²) in [6.07, 6.45) is 1.56. The molecule has 254 valence electrons. The van der Waals surface area contributed by atoms with Gasteiger partial charge in [0, 0.05) is 47.3 Å². The van der Waals surface area contributed by atoms with Crippen LogP contribution in [0.25, 0.3) is 21.5 Å². The largest absolute Gasteiger partial charge is 0.459 e. The van der Waals surface area contributed by atoms with Crippen molar-refractivity contribution in [3.05, 3.63) is 43.2 Å². The van der Waals surface area contributed by atoms with E-state index >= 15 is 0 Å². The quantitative estimate of drug-likeness (QED) is 0.153. The highest BCUT2D eigenvalue weighted by Gasteiger charge is 2.39. The Morgan fingerprint density at radius 1 is 0.739 bits per heavy atom. The molecule has 5 rings (SSSR count). The maximum Gasteiger partial charge on any atom is 0.423 e. The van der Waals surface area contributed by atoms with E-state index in [1.54, 1.807) is 0 Å². The summed E-state index contributed by atoms with van der Waals surface area (Å²) < 4.78 is 2.09. The lowest BCUT2D eigenvalue weighted by atomic mass is 9.79. The first-order valence-corrected chi connectivity index (χ1v) is 16.5. The average molecular weight is 642 g/mol. The van der Waals surface area contributed by atoms with Crippen molar-refractivity contribution in [3.63, 3.8) is 0 Å². The molecule has 3 aromatic rings. The van der Waals surface area contributed by atoms with E-state index in [2.05, 4.69) is 76.7 Å². The Hall–Kier alpha value is -2.74. The normalized spacial score (nSPS) is 22.8. The van der Waals surface area contributed by atoms with E-state index in [-0.39, 0.29) is 87.8 Å². The number of aromatic nitrogens is 2. The van der Waals surface area contributed by atoms with Crippen LogP contribution in [0.15, 0.2) is 26.5 Å². The number of aliphatic hydroxyl groups is 2. The van der Waals surface area contributed by atoms with Gasteiger partial charge in [-0.15, -0.1) is 4.57 Å². The second-order valence-electron chi connectivity index (χ2n) is 16.5. The number of benzene rings is 1. The number of aromatic hydroxyl groups is 1. The van der Waals surface area contributed by atoms with E-state index in [4.69, 9.17) is 0 Å². The molecule has 0 bridgehead atoms. The maximum absolute atomic E-state index is 13.3. The molecular formula is C34H53N6O6+. The number of aliphatic hydroxyl groups excluding tert-OH is 2. The third-order valence-corrected chi connectivity index (χ3v) is 9.53. The smallest absolute Gasteiger partial charge is 0.423 e. The number of piperidine rings is 2. The molecule has 1 aromatic carbocycles. The van der Waals surface area contributed by atoms with Gasteiger partial charge in [0.25, 0.3) is 11.1 Å². The second-order valence-corrected chi connectivity index (χ2v) is 16.5.